The van der Waals surface area contributed by atoms with E-state index in [0.29, 0.717) is 31.9 Å². The molecule has 3 rings (SSSR count). The number of hydrogen-bond acceptors (Lipinski definition) is 5. The lowest BCUT2D eigenvalue weighted by Gasteiger charge is -2.26. The van der Waals surface area contributed by atoms with Crippen LogP contribution in [0.3, 0.4) is 0 Å². The number of halogens is 3. The van der Waals surface area contributed by atoms with Gasteiger partial charge in [-0.25, -0.2) is 9.67 Å². The van der Waals surface area contributed by atoms with Crippen molar-refractivity contribution in [3.05, 3.63) is 35.8 Å². The van der Waals surface area contributed by atoms with Crippen LogP contribution in [0.1, 0.15) is 41.7 Å². The van der Waals surface area contributed by atoms with Crippen LogP contribution in [0.5, 0.6) is 0 Å². The summed E-state index contributed by atoms with van der Waals surface area (Å²) in [5.41, 5.74) is -0.890. The molecule has 2 aromatic rings. The highest BCUT2D eigenvalue weighted by molar-refractivity contribution is 5.92. The van der Waals surface area contributed by atoms with E-state index in [0.717, 1.165) is 16.8 Å². The molecule has 0 atom stereocenters. The number of carbonyl (C=O) groups is 2. The van der Waals surface area contributed by atoms with Crippen LogP contribution in [0.15, 0.2) is 24.5 Å². The van der Waals surface area contributed by atoms with Crippen molar-refractivity contribution >= 4 is 11.9 Å². The number of aliphatic carboxylic acids is 1. The van der Waals surface area contributed by atoms with Gasteiger partial charge in [-0.2, -0.15) is 13.2 Å². The fraction of sp³-hybridized carbons (Fsp3) is 0.438. The number of carboxylic acids is 1. The Kier molecular flexibility index (Phi) is 5.10. The van der Waals surface area contributed by atoms with Crippen molar-refractivity contribution in [1.29, 1.82) is 0 Å². The van der Waals surface area contributed by atoms with Crippen molar-refractivity contribution in [2.75, 3.05) is 0 Å². The zero-order valence-corrected chi connectivity index (χ0v) is 14.0. The third kappa shape index (κ3) is 4.41. The van der Waals surface area contributed by atoms with Crippen LogP contribution in [0.2, 0.25) is 0 Å². The van der Waals surface area contributed by atoms with Gasteiger partial charge in [0.2, 0.25) is 0 Å². The van der Waals surface area contributed by atoms with E-state index in [4.69, 9.17) is 5.11 Å². The van der Waals surface area contributed by atoms with Gasteiger partial charge in [-0.1, -0.05) is 5.21 Å². The summed E-state index contributed by atoms with van der Waals surface area (Å²) in [4.78, 5) is 26.9. The van der Waals surface area contributed by atoms with Gasteiger partial charge in [0.05, 0.1) is 17.7 Å². The standard InChI is InChI=1S/C16H16F3N5O3/c17-16(18,19)10-3-6-13(20-7-10)24-8-12(22-23-24)14(25)21-11-4-1-9(2-5-11)15(26)27/h3,6-9,11H,1-2,4-5H2,(H,21,25)(H,26,27). The summed E-state index contributed by atoms with van der Waals surface area (Å²) in [6.45, 7) is 0. The predicted molar refractivity (Wildman–Crippen MR) is 85.0 cm³/mol. The molecular formula is C16H16F3N5O3. The minimum Gasteiger partial charge on any atom is -0.481 e. The first-order valence-electron chi connectivity index (χ1n) is 8.23. The molecule has 1 fully saturated rings. The second-order valence-corrected chi connectivity index (χ2v) is 6.31. The fourth-order valence-electron chi connectivity index (χ4n) is 2.91. The van der Waals surface area contributed by atoms with Crippen LogP contribution < -0.4 is 5.32 Å². The number of pyridine rings is 1. The van der Waals surface area contributed by atoms with Crippen LogP contribution in [0, 0.1) is 5.92 Å². The molecule has 1 aliphatic rings. The van der Waals surface area contributed by atoms with E-state index in [-0.39, 0.29) is 23.5 Å². The van der Waals surface area contributed by atoms with Gasteiger partial charge in [-0.05, 0) is 37.8 Å². The molecular weight excluding hydrogens is 367 g/mol. The van der Waals surface area contributed by atoms with Gasteiger partial charge in [0.15, 0.2) is 11.5 Å². The Hall–Kier alpha value is -2.98. The van der Waals surface area contributed by atoms with E-state index in [1.807, 2.05) is 0 Å². The molecule has 0 spiro atoms. The molecule has 1 amide bonds. The van der Waals surface area contributed by atoms with E-state index in [2.05, 4.69) is 20.6 Å². The van der Waals surface area contributed by atoms with Crippen molar-refractivity contribution in [2.45, 2.75) is 37.9 Å². The van der Waals surface area contributed by atoms with Crippen molar-refractivity contribution in [3.63, 3.8) is 0 Å². The van der Waals surface area contributed by atoms with E-state index >= 15 is 0 Å². The maximum atomic E-state index is 12.6. The van der Waals surface area contributed by atoms with Gasteiger partial charge >= 0.3 is 12.1 Å². The first-order valence-corrected chi connectivity index (χ1v) is 8.23. The molecule has 0 unspecified atom stereocenters. The Bertz CT molecular complexity index is 827. The second-order valence-electron chi connectivity index (χ2n) is 6.31. The Morgan fingerprint density at radius 1 is 1.19 bits per heavy atom. The van der Waals surface area contributed by atoms with Crippen LogP contribution >= 0.6 is 0 Å². The summed E-state index contributed by atoms with van der Waals surface area (Å²) >= 11 is 0. The second kappa shape index (κ2) is 7.33. The quantitative estimate of drug-likeness (QED) is 0.836. The van der Waals surface area contributed by atoms with Crippen molar-refractivity contribution in [2.24, 2.45) is 5.92 Å². The number of aromatic nitrogens is 4. The van der Waals surface area contributed by atoms with Crippen LogP contribution in [-0.4, -0.2) is 43.0 Å². The first-order chi connectivity index (χ1) is 12.7. The van der Waals surface area contributed by atoms with Crippen LogP contribution in [0.4, 0.5) is 13.2 Å². The largest absolute Gasteiger partial charge is 0.481 e. The molecule has 27 heavy (non-hydrogen) atoms. The summed E-state index contributed by atoms with van der Waals surface area (Å²) in [7, 11) is 0. The zero-order chi connectivity index (χ0) is 19.6. The molecule has 1 aliphatic carbocycles. The number of amides is 1. The highest BCUT2D eigenvalue weighted by Crippen LogP contribution is 2.28. The lowest BCUT2D eigenvalue weighted by atomic mass is 9.86. The maximum Gasteiger partial charge on any atom is 0.417 e. The Morgan fingerprint density at radius 3 is 2.44 bits per heavy atom. The van der Waals surface area contributed by atoms with E-state index in [9.17, 15) is 22.8 Å². The number of rotatable bonds is 4. The van der Waals surface area contributed by atoms with Crippen LogP contribution in [-0.2, 0) is 11.0 Å². The van der Waals surface area contributed by atoms with Crippen molar-refractivity contribution in [1.82, 2.24) is 25.3 Å². The topological polar surface area (TPSA) is 110 Å². The zero-order valence-electron chi connectivity index (χ0n) is 14.0. The average molecular weight is 383 g/mol. The third-order valence-electron chi connectivity index (χ3n) is 4.45. The minimum atomic E-state index is -4.49. The highest BCUT2D eigenvalue weighted by atomic mass is 19.4. The average Bonchev–Trinajstić information content (AvgIpc) is 3.12. The highest BCUT2D eigenvalue weighted by Gasteiger charge is 2.31. The molecule has 0 saturated heterocycles. The molecule has 0 aromatic carbocycles. The van der Waals surface area contributed by atoms with Crippen molar-refractivity contribution in [3.8, 4) is 5.82 Å². The van der Waals surface area contributed by atoms with Gasteiger partial charge in [0.1, 0.15) is 0 Å². The number of nitrogens with one attached hydrogen (secondary N) is 1. The van der Waals surface area contributed by atoms with Gasteiger partial charge in [0.25, 0.3) is 5.91 Å². The predicted octanol–water partition coefficient (Wildman–Crippen LogP) is 2.05. The monoisotopic (exact) mass is 383 g/mol. The van der Waals surface area contributed by atoms with E-state index < -0.39 is 23.6 Å². The summed E-state index contributed by atoms with van der Waals surface area (Å²) in [5, 5.41) is 19.2. The molecule has 0 radical (unpaired) electrons. The van der Waals surface area contributed by atoms with Crippen molar-refractivity contribution < 1.29 is 27.9 Å². The van der Waals surface area contributed by atoms with Gasteiger partial charge in [0, 0.05) is 12.2 Å². The minimum absolute atomic E-state index is 0.00273. The van der Waals surface area contributed by atoms with Gasteiger partial charge in [-0.3, -0.25) is 9.59 Å². The molecule has 11 heteroatoms. The molecule has 0 bridgehead atoms. The summed E-state index contributed by atoms with van der Waals surface area (Å²) < 4.78 is 38.8. The molecule has 144 valence electrons. The Balaban J connectivity index is 1.62. The summed E-state index contributed by atoms with van der Waals surface area (Å²) in [6.07, 6.45) is -0.455. The third-order valence-corrected chi connectivity index (χ3v) is 4.45. The molecule has 2 N–H and O–H groups in total. The smallest absolute Gasteiger partial charge is 0.417 e. The summed E-state index contributed by atoms with van der Waals surface area (Å²) in [6, 6.07) is 1.85. The SMILES string of the molecule is O=C(NC1CCC(C(=O)O)CC1)c1cn(-c2ccc(C(F)(F)F)cn2)nn1. The lowest BCUT2D eigenvalue weighted by molar-refractivity contribution is -0.143. The molecule has 8 nitrogen and oxygen atoms in total. The van der Waals surface area contributed by atoms with Gasteiger partial charge < -0.3 is 10.4 Å². The summed E-state index contributed by atoms with van der Waals surface area (Å²) in [5.74, 6) is -1.60. The fourth-order valence-corrected chi connectivity index (χ4v) is 2.91. The lowest BCUT2D eigenvalue weighted by Crippen LogP contribution is -2.38. The number of carboxylic acid groups (broad SMARTS) is 1. The van der Waals surface area contributed by atoms with Crippen LogP contribution in [0.25, 0.3) is 5.82 Å². The molecule has 2 aromatic heterocycles. The van der Waals surface area contributed by atoms with E-state index in [1.165, 1.54) is 6.20 Å². The first kappa shape index (κ1) is 18.8. The number of hydrogen-bond donors (Lipinski definition) is 2. The van der Waals surface area contributed by atoms with E-state index in [1.54, 1.807) is 0 Å². The Morgan fingerprint density at radius 2 is 1.89 bits per heavy atom. The van der Waals surface area contributed by atoms with Gasteiger partial charge in [-0.15, -0.1) is 5.10 Å². The number of alkyl halides is 3. The maximum absolute atomic E-state index is 12.6. The molecule has 2 heterocycles. The number of carbonyl (C=O) groups excluding carboxylic acids is 1. The normalized spacial score (nSPS) is 20.3. The Labute approximate surface area is 151 Å². The molecule has 1 saturated carbocycles. The number of nitrogens with zero attached hydrogens (tertiary/aromatic N) is 4. The molecule has 0 aliphatic heterocycles.